The maximum Gasteiger partial charge on any atom is 0.258 e. The Labute approximate surface area is 132 Å². The van der Waals surface area contributed by atoms with E-state index in [4.69, 9.17) is 10.00 Å². The first-order chi connectivity index (χ1) is 11.3. The minimum atomic E-state index is -0.301. The van der Waals surface area contributed by atoms with Crippen LogP contribution in [-0.2, 0) is 11.3 Å². The number of para-hydroxylation sites is 1. The van der Waals surface area contributed by atoms with Crippen LogP contribution in [0.2, 0.25) is 0 Å². The molecule has 2 aromatic heterocycles. The Bertz CT molecular complexity index is 881. The molecule has 7 heteroatoms. The van der Waals surface area contributed by atoms with Gasteiger partial charge in [-0.2, -0.15) is 5.26 Å². The molecule has 0 saturated heterocycles. The van der Waals surface area contributed by atoms with E-state index in [0.29, 0.717) is 17.1 Å². The Morgan fingerprint density at radius 3 is 2.91 bits per heavy atom. The van der Waals surface area contributed by atoms with Gasteiger partial charge in [0, 0.05) is 6.20 Å². The summed E-state index contributed by atoms with van der Waals surface area (Å²) in [5.74, 6) is 0.717. The molecule has 0 radical (unpaired) electrons. The van der Waals surface area contributed by atoms with Gasteiger partial charge in [-0.3, -0.25) is 9.20 Å². The quantitative estimate of drug-likeness (QED) is 0.767. The van der Waals surface area contributed by atoms with Gasteiger partial charge >= 0.3 is 0 Å². The number of nitrogens with zero attached hydrogens (tertiary/aromatic N) is 4. The van der Waals surface area contributed by atoms with Crippen molar-refractivity contribution in [2.24, 2.45) is 0 Å². The van der Waals surface area contributed by atoms with Gasteiger partial charge < -0.3 is 10.1 Å². The molecule has 7 nitrogen and oxygen atoms in total. The molecule has 3 rings (SSSR count). The molecule has 0 fully saturated rings. The van der Waals surface area contributed by atoms with Crippen LogP contribution in [0.25, 0.3) is 5.65 Å². The highest BCUT2D eigenvalue weighted by Crippen LogP contribution is 2.16. The summed E-state index contributed by atoms with van der Waals surface area (Å²) in [6.07, 6.45) is 1.83. The van der Waals surface area contributed by atoms with E-state index in [9.17, 15) is 4.79 Å². The van der Waals surface area contributed by atoms with Crippen LogP contribution in [0, 0.1) is 11.3 Å². The fourth-order valence-electron chi connectivity index (χ4n) is 2.07. The highest BCUT2D eigenvalue weighted by atomic mass is 16.5. The van der Waals surface area contributed by atoms with Crippen molar-refractivity contribution in [1.29, 1.82) is 5.26 Å². The highest BCUT2D eigenvalue weighted by molar-refractivity contribution is 5.77. The van der Waals surface area contributed by atoms with E-state index >= 15 is 0 Å². The van der Waals surface area contributed by atoms with E-state index < -0.39 is 0 Å². The molecule has 0 aliphatic rings. The van der Waals surface area contributed by atoms with Gasteiger partial charge in [0.1, 0.15) is 11.8 Å². The molecular weight excluding hydrogens is 294 g/mol. The van der Waals surface area contributed by atoms with Crippen molar-refractivity contribution in [1.82, 2.24) is 19.9 Å². The van der Waals surface area contributed by atoms with Crippen molar-refractivity contribution < 1.29 is 9.53 Å². The summed E-state index contributed by atoms with van der Waals surface area (Å²) < 4.78 is 7.17. The van der Waals surface area contributed by atoms with Crippen LogP contribution in [0.1, 0.15) is 11.4 Å². The third-order valence-corrected chi connectivity index (χ3v) is 3.19. The van der Waals surface area contributed by atoms with Crippen molar-refractivity contribution in [3.63, 3.8) is 0 Å². The van der Waals surface area contributed by atoms with Gasteiger partial charge in [0.15, 0.2) is 18.1 Å². The zero-order valence-electron chi connectivity index (χ0n) is 12.1. The maximum absolute atomic E-state index is 11.9. The van der Waals surface area contributed by atoms with Crippen LogP contribution in [-0.4, -0.2) is 27.1 Å². The molecule has 0 unspecified atom stereocenters. The molecule has 1 N–H and O–H groups in total. The normalized spacial score (nSPS) is 10.2. The molecular formula is C16H13N5O2. The molecule has 1 aromatic carbocycles. The van der Waals surface area contributed by atoms with E-state index in [1.807, 2.05) is 30.5 Å². The fraction of sp³-hybridized carbons (Fsp3) is 0.125. The summed E-state index contributed by atoms with van der Waals surface area (Å²) in [6.45, 7) is 0.0721. The SMILES string of the molecule is N#Cc1ccccc1OCC(=O)NCc1nnc2ccccn12. The topological polar surface area (TPSA) is 92.3 Å². The van der Waals surface area contributed by atoms with Crippen molar-refractivity contribution in [2.75, 3.05) is 6.61 Å². The minimum Gasteiger partial charge on any atom is -0.482 e. The molecule has 1 amide bonds. The van der Waals surface area contributed by atoms with Crippen LogP contribution in [0.3, 0.4) is 0 Å². The summed E-state index contributed by atoms with van der Waals surface area (Å²) in [4.78, 5) is 11.9. The standard InChI is InChI=1S/C16H13N5O2/c17-9-12-5-1-2-6-13(12)23-11-16(22)18-10-15-20-19-14-7-3-4-8-21(14)15/h1-8H,10-11H2,(H,18,22). The predicted molar refractivity (Wildman–Crippen MR) is 81.5 cm³/mol. The zero-order valence-corrected chi connectivity index (χ0v) is 12.1. The Kier molecular flexibility index (Phi) is 4.16. The van der Waals surface area contributed by atoms with Crippen LogP contribution < -0.4 is 10.1 Å². The molecule has 114 valence electrons. The van der Waals surface area contributed by atoms with Crippen LogP contribution in [0.15, 0.2) is 48.7 Å². The van der Waals surface area contributed by atoms with Gasteiger partial charge in [-0.05, 0) is 24.3 Å². The van der Waals surface area contributed by atoms with E-state index in [-0.39, 0.29) is 19.1 Å². The predicted octanol–water partition coefficient (Wildman–Crippen LogP) is 1.30. The van der Waals surface area contributed by atoms with Gasteiger partial charge in [-0.1, -0.05) is 18.2 Å². The summed E-state index contributed by atoms with van der Waals surface area (Å²) in [5.41, 5.74) is 1.11. The van der Waals surface area contributed by atoms with Crippen molar-refractivity contribution in [3.05, 3.63) is 60.0 Å². The Hall–Kier alpha value is -3.40. The number of carbonyl (C=O) groups is 1. The third-order valence-electron chi connectivity index (χ3n) is 3.19. The van der Waals surface area contributed by atoms with Gasteiger partial charge in [0.25, 0.3) is 5.91 Å². The summed E-state index contributed by atoms with van der Waals surface area (Å²) in [5, 5.41) is 19.7. The molecule has 0 aliphatic heterocycles. The van der Waals surface area contributed by atoms with E-state index in [1.165, 1.54) is 0 Å². The van der Waals surface area contributed by atoms with E-state index in [1.54, 1.807) is 28.7 Å². The minimum absolute atomic E-state index is 0.171. The highest BCUT2D eigenvalue weighted by Gasteiger charge is 2.09. The number of amides is 1. The van der Waals surface area contributed by atoms with E-state index in [2.05, 4.69) is 15.5 Å². The largest absolute Gasteiger partial charge is 0.482 e. The lowest BCUT2D eigenvalue weighted by Crippen LogP contribution is -2.29. The lowest BCUT2D eigenvalue weighted by atomic mass is 10.2. The number of nitriles is 1. The van der Waals surface area contributed by atoms with Crippen molar-refractivity contribution in [2.45, 2.75) is 6.54 Å². The number of hydrogen-bond acceptors (Lipinski definition) is 5. The first kappa shape index (κ1) is 14.5. The maximum atomic E-state index is 11.9. The second kappa shape index (κ2) is 6.58. The number of benzene rings is 1. The smallest absolute Gasteiger partial charge is 0.258 e. The van der Waals surface area contributed by atoms with Gasteiger partial charge in [0.2, 0.25) is 0 Å². The molecule has 0 saturated carbocycles. The third kappa shape index (κ3) is 3.27. The zero-order chi connectivity index (χ0) is 16.1. The average Bonchev–Trinajstić information content (AvgIpc) is 3.01. The molecule has 23 heavy (non-hydrogen) atoms. The number of fused-ring (bicyclic) bond motifs is 1. The molecule has 3 aromatic rings. The number of carbonyl (C=O) groups excluding carboxylic acids is 1. The summed E-state index contributed by atoms with van der Waals surface area (Å²) in [7, 11) is 0. The molecule has 0 atom stereocenters. The Morgan fingerprint density at radius 2 is 2.04 bits per heavy atom. The first-order valence-electron chi connectivity index (χ1n) is 6.95. The van der Waals surface area contributed by atoms with Gasteiger partial charge in [-0.25, -0.2) is 0 Å². The molecule has 0 aliphatic carbocycles. The number of rotatable bonds is 5. The summed E-state index contributed by atoms with van der Waals surface area (Å²) >= 11 is 0. The van der Waals surface area contributed by atoms with Crippen LogP contribution in [0.4, 0.5) is 0 Å². The Morgan fingerprint density at radius 1 is 1.22 bits per heavy atom. The van der Waals surface area contributed by atoms with Gasteiger partial charge in [0.05, 0.1) is 12.1 Å². The number of aromatic nitrogens is 3. The monoisotopic (exact) mass is 307 g/mol. The number of hydrogen-bond donors (Lipinski definition) is 1. The second-order valence-corrected chi connectivity index (χ2v) is 4.72. The first-order valence-corrected chi connectivity index (χ1v) is 6.95. The lowest BCUT2D eigenvalue weighted by molar-refractivity contribution is -0.123. The number of ether oxygens (including phenoxy) is 1. The van der Waals surface area contributed by atoms with Crippen molar-refractivity contribution in [3.8, 4) is 11.8 Å². The Balaban J connectivity index is 1.57. The van der Waals surface area contributed by atoms with Crippen LogP contribution >= 0.6 is 0 Å². The molecule has 0 bridgehead atoms. The van der Waals surface area contributed by atoms with E-state index in [0.717, 1.165) is 5.65 Å². The number of nitrogens with one attached hydrogen (secondary N) is 1. The number of pyridine rings is 1. The summed E-state index contributed by atoms with van der Waals surface area (Å²) in [6, 6.07) is 14.4. The van der Waals surface area contributed by atoms with Gasteiger partial charge in [-0.15, -0.1) is 10.2 Å². The van der Waals surface area contributed by atoms with Crippen molar-refractivity contribution >= 4 is 11.6 Å². The average molecular weight is 307 g/mol. The molecule has 2 heterocycles. The lowest BCUT2D eigenvalue weighted by Gasteiger charge is -2.08. The van der Waals surface area contributed by atoms with Crippen LogP contribution in [0.5, 0.6) is 5.75 Å². The second-order valence-electron chi connectivity index (χ2n) is 4.72. The fourth-order valence-corrected chi connectivity index (χ4v) is 2.07. The molecule has 0 spiro atoms.